The first kappa shape index (κ1) is 77.0. The number of quaternary nitrogens is 1. The molecule has 0 heterocycles. The molecule has 0 rings (SSSR count). The number of carbonyl (C=O) groups excluding carboxylic acids is 1. The standard InChI is InChI=1S/C69H137N2O6P/c1-6-8-10-12-14-16-18-20-22-24-25-26-27-28-29-30-31-32-33-34-35-36-37-38-39-40-41-42-43-44-45-47-49-51-53-55-57-59-61-63-69(73)70-67(66-77-78(74,75)76-65-64-71(3,4)5)68(72)62-60-58-56-54-52-50-48-46-23-21-19-17-15-13-11-9-7-2/h34-35,60,62,67-68,72H,6-33,36-59,61,63-66H2,1-5H3,(H-,70,73,74,75)/p+1/b35-34-,62-60+. The number of likely N-dealkylation sites (N-methyl/N-ethyl adjacent to an activating group) is 1. The molecule has 3 unspecified atom stereocenters. The van der Waals surface area contributed by atoms with Gasteiger partial charge < -0.3 is 19.8 Å². The molecule has 0 radical (unpaired) electrons. The molecule has 0 aliphatic rings. The Balaban J connectivity index is 3.90. The summed E-state index contributed by atoms with van der Waals surface area (Å²) < 4.78 is 23.8. The zero-order valence-electron chi connectivity index (χ0n) is 53.2. The highest BCUT2D eigenvalue weighted by Crippen LogP contribution is 2.43. The van der Waals surface area contributed by atoms with Crippen molar-refractivity contribution in [2.24, 2.45) is 0 Å². The van der Waals surface area contributed by atoms with E-state index in [1.165, 1.54) is 308 Å². The Kier molecular flexibility index (Phi) is 59.8. The highest BCUT2D eigenvalue weighted by atomic mass is 31.2. The minimum Gasteiger partial charge on any atom is -0.387 e. The van der Waals surface area contributed by atoms with E-state index in [4.69, 9.17) is 9.05 Å². The lowest BCUT2D eigenvalue weighted by molar-refractivity contribution is -0.870. The van der Waals surface area contributed by atoms with Crippen LogP contribution in [0.4, 0.5) is 0 Å². The van der Waals surface area contributed by atoms with Crippen LogP contribution >= 0.6 is 7.82 Å². The molecule has 0 saturated carbocycles. The van der Waals surface area contributed by atoms with Gasteiger partial charge in [-0.25, -0.2) is 4.57 Å². The molecule has 0 aromatic heterocycles. The first-order chi connectivity index (χ1) is 38.0. The second kappa shape index (κ2) is 60.6. The van der Waals surface area contributed by atoms with Gasteiger partial charge in [0.15, 0.2) is 0 Å². The number of amides is 1. The van der Waals surface area contributed by atoms with Crippen LogP contribution in [0.25, 0.3) is 0 Å². The fourth-order valence-corrected chi connectivity index (χ4v) is 11.5. The van der Waals surface area contributed by atoms with Gasteiger partial charge in [0.1, 0.15) is 13.2 Å². The average Bonchev–Trinajstić information content (AvgIpc) is 3.41. The Bertz CT molecular complexity index is 1320. The lowest BCUT2D eigenvalue weighted by Crippen LogP contribution is -2.45. The van der Waals surface area contributed by atoms with Crippen LogP contribution in [0.15, 0.2) is 24.3 Å². The maximum absolute atomic E-state index is 13.0. The van der Waals surface area contributed by atoms with E-state index in [1.54, 1.807) is 6.08 Å². The number of hydrogen-bond acceptors (Lipinski definition) is 5. The fraction of sp³-hybridized carbons (Fsp3) is 0.928. The van der Waals surface area contributed by atoms with E-state index < -0.39 is 20.0 Å². The molecule has 464 valence electrons. The molecule has 3 atom stereocenters. The van der Waals surface area contributed by atoms with Crippen LogP contribution in [0.3, 0.4) is 0 Å². The van der Waals surface area contributed by atoms with Crippen molar-refractivity contribution in [3.05, 3.63) is 24.3 Å². The molecule has 0 spiro atoms. The molecule has 9 heteroatoms. The van der Waals surface area contributed by atoms with E-state index >= 15 is 0 Å². The molecule has 0 bridgehead atoms. The van der Waals surface area contributed by atoms with E-state index in [0.29, 0.717) is 17.4 Å². The average molecular weight is 1120 g/mol. The van der Waals surface area contributed by atoms with E-state index in [1.807, 2.05) is 27.2 Å². The van der Waals surface area contributed by atoms with Crippen LogP contribution in [0, 0.1) is 0 Å². The fourth-order valence-electron chi connectivity index (χ4n) is 10.7. The summed E-state index contributed by atoms with van der Waals surface area (Å²) in [5.41, 5.74) is 0. The molecular weight excluding hydrogens is 984 g/mol. The smallest absolute Gasteiger partial charge is 0.387 e. The number of nitrogens with zero attached hydrogens (tertiary/aromatic N) is 1. The maximum atomic E-state index is 13.0. The third kappa shape index (κ3) is 62.6. The van der Waals surface area contributed by atoms with Crippen molar-refractivity contribution < 1.29 is 32.9 Å². The van der Waals surface area contributed by atoms with Crippen LogP contribution < -0.4 is 5.32 Å². The van der Waals surface area contributed by atoms with Gasteiger partial charge in [-0.15, -0.1) is 0 Å². The number of allylic oxidation sites excluding steroid dienone is 3. The van der Waals surface area contributed by atoms with E-state index in [9.17, 15) is 19.4 Å². The van der Waals surface area contributed by atoms with Crippen molar-refractivity contribution >= 4 is 13.7 Å². The van der Waals surface area contributed by atoms with Gasteiger partial charge in [-0.05, 0) is 44.9 Å². The van der Waals surface area contributed by atoms with Crippen LogP contribution in [0.2, 0.25) is 0 Å². The summed E-state index contributed by atoms with van der Waals surface area (Å²) in [5, 5.41) is 14.0. The maximum Gasteiger partial charge on any atom is 0.472 e. The summed E-state index contributed by atoms with van der Waals surface area (Å²) in [6, 6.07) is -0.844. The molecular formula is C69H138N2O6P+. The van der Waals surface area contributed by atoms with E-state index in [-0.39, 0.29) is 19.1 Å². The first-order valence-corrected chi connectivity index (χ1v) is 36.2. The van der Waals surface area contributed by atoms with E-state index in [0.717, 1.165) is 32.1 Å². The summed E-state index contributed by atoms with van der Waals surface area (Å²) in [6.45, 7) is 4.87. The largest absolute Gasteiger partial charge is 0.472 e. The Hall–Kier alpha value is -1.02. The van der Waals surface area contributed by atoms with Gasteiger partial charge in [-0.2, -0.15) is 0 Å². The molecule has 78 heavy (non-hydrogen) atoms. The van der Waals surface area contributed by atoms with Gasteiger partial charge in [0.05, 0.1) is 39.9 Å². The van der Waals surface area contributed by atoms with Gasteiger partial charge in [0.25, 0.3) is 0 Å². The zero-order valence-corrected chi connectivity index (χ0v) is 54.1. The molecule has 0 fully saturated rings. The summed E-state index contributed by atoms with van der Waals surface area (Å²) >= 11 is 0. The molecule has 1 amide bonds. The number of rotatable bonds is 65. The van der Waals surface area contributed by atoms with Gasteiger partial charge >= 0.3 is 7.82 Å². The molecule has 3 N–H and O–H groups in total. The lowest BCUT2D eigenvalue weighted by Gasteiger charge is -2.25. The number of nitrogens with one attached hydrogen (secondary N) is 1. The zero-order chi connectivity index (χ0) is 57.0. The first-order valence-electron chi connectivity index (χ1n) is 34.7. The Labute approximate surface area is 487 Å². The minimum absolute atomic E-state index is 0.0640. The second-order valence-corrected chi connectivity index (χ2v) is 26.7. The normalized spacial score (nSPS) is 13.8. The van der Waals surface area contributed by atoms with Crippen molar-refractivity contribution in [3.8, 4) is 0 Å². The van der Waals surface area contributed by atoms with Gasteiger partial charge in [0, 0.05) is 6.42 Å². The van der Waals surface area contributed by atoms with Crippen molar-refractivity contribution in [1.82, 2.24) is 5.32 Å². The SMILES string of the molecule is CCCCCCCCCCCCCCCCC/C=C/C(O)C(COP(=O)(O)OCC[N+](C)(C)C)NC(=O)CCCCCCCCCCCCCCCCCCC/C=C\CCCCCCCCCCCCCCCCCCCC. The number of aliphatic hydroxyl groups is 1. The van der Waals surface area contributed by atoms with Gasteiger partial charge in [-0.1, -0.05) is 334 Å². The van der Waals surface area contributed by atoms with Gasteiger partial charge in [-0.3, -0.25) is 13.8 Å². The number of hydrogen-bond donors (Lipinski definition) is 3. The summed E-state index contributed by atoms with van der Waals surface area (Å²) in [5.74, 6) is -0.170. The number of aliphatic hydroxyl groups excluding tert-OH is 1. The summed E-state index contributed by atoms with van der Waals surface area (Å²) in [7, 11) is 1.59. The number of carbonyl (C=O) groups is 1. The Morgan fingerprint density at radius 2 is 0.692 bits per heavy atom. The molecule has 0 aliphatic carbocycles. The third-order valence-corrected chi connectivity index (χ3v) is 17.1. The Morgan fingerprint density at radius 3 is 0.987 bits per heavy atom. The molecule has 0 aromatic carbocycles. The lowest BCUT2D eigenvalue weighted by atomic mass is 10.0. The van der Waals surface area contributed by atoms with Crippen LogP contribution in [-0.4, -0.2) is 73.4 Å². The molecule has 0 saturated heterocycles. The molecule has 0 aromatic rings. The van der Waals surface area contributed by atoms with Crippen molar-refractivity contribution in [2.45, 2.75) is 373 Å². The summed E-state index contributed by atoms with van der Waals surface area (Å²) in [6.07, 6.45) is 79.1. The van der Waals surface area contributed by atoms with Crippen molar-refractivity contribution in [1.29, 1.82) is 0 Å². The molecule has 0 aliphatic heterocycles. The Morgan fingerprint density at radius 1 is 0.423 bits per heavy atom. The second-order valence-electron chi connectivity index (χ2n) is 25.3. The highest BCUT2D eigenvalue weighted by Gasteiger charge is 2.28. The third-order valence-electron chi connectivity index (χ3n) is 16.2. The van der Waals surface area contributed by atoms with Crippen LogP contribution in [-0.2, 0) is 18.4 Å². The minimum atomic E-state index is -4.35. The van der Waals surface area contributed by atoms with Gasteiger partial charge in [0.2, 0.25) is 5.91 Å². The molecule has 8 nitrogen and oxygen atoms in total. The topological polar surface area (TPSA) is 105 Å². The van der Waals surface area contributed by atoms with Crippen molar-refractivity contribution in [2.75, 3.05) is 40.9 Å². The number of phosphoric ester groups is 1. The summed E-state index contributed by atoms with van der Waals surface area (Å²) in [4.78, 5) is 23.4. The van der Waals surface area contributed by atoms with E-state index in [2.05, 4.69) is 31.3 Å². The monoisotopic (exact) mass is 1120 g/mol. The van der Waals surface area contributed by atoms with Crippen LogP contribution in [0.1, 0.15) is 361 Å². The number of phosphoric acid groups is 1. The van der Waals surface area contributed by atoms with Crippen LogP contribution in [0.5, 0.6) is 0 Å². The highest BCUT2D eigenvalue weighted by molar-refractivity contribution is 7.47. The predicted molar refractivity (Wildman–Crippen MR) is 342 cm³/mol. The quantitative estimate of drug-likeness (QED) is 0.0243. The van der Waals surface area contributed by atoms with Crippen molar-refractivity contribution in [3.63, 3.8) is 0 Å². The predicted octanol–water partition coefficient (Wildman–Crippen LogP) is 21.9. The number of unbranched alkanes of at least 4 members (excludes halogenated alkanes) is 50.